The molecule has 0 aromatic carbocycles. The summed E-state index contributed by atoms with van der Waals surface area (Å²) >= 11 is 0. The Balaban J connectivity index is 2.70. The predicted octanol–water partition coefficient (Wildman–Crippen LogP) is 2.83. The Kier molecular flexibility index (Phi) is 3.37. The monoisotopic (exact) mass is 225 g/mol. The molecule has 0 fully saturated rings. The molecule has 1 heterocycles. The Hall–Kier alpha value is -1.78. The first kappa shape index (κ1) is 12.3. The number of nitrogens with one attached hydrogen (secondary N) is 1. The third kappa shape index (κ3) is 3.42. The van der Waals surface area contributed by atoms with Crippen molar-refractivity contribution in [1.82, 2.24) is 0 Å². The highest BCUT2D eigenvalue weighted by molar-refractivity contribution is 6.01. The number of ketones is 1. The van der Waals surface area contributed by atoms with E-state index >= 15 is 0 Å². The first-order chi connectivity index (χ1) is 7.29. The van der Waals surface area contributed by atoms with Crippen molar-refractivity contribution in [3.8, 4) is 0 Å². The van der Waals surface area contributed by atoms with Gasteiger partial charge >= 0.3 is 6.09 Å². The molecule has 0 unspecified atom stereocenters. The SMILES string of the molecule is CC(=O)c1ccoc1NC(=O)OC(C)(C)C. The second kappa shape index (κ2) is 4.38. The summed E-state index contributed by atoms with van der Waals surface area (Å²) in [5.74, 6) is -0.0680. The Bertz CT molecular complexity index is 400. The molecule has 1 rings (SSSR count). The fraction of sp³-hybridized carbons (Fsp3) is 0.455. The van der Waals surface area contributed by atoms with Crippen molar-refractivity contribution >= 4 is 17.8 Å². The van der Waals surface area contributed by atoms with Gasteiger partial charge in [0.1, 0.15) is 5.60 Å². The van der Waals surface area contributed by atoms with Gasteiger partial charge in [0, 0.05) is 0 Å². The summed E-state index contributed by atoms with van der Waals surface area (Å²) in [5.41, 5.74) is -0.265. The zero-order valence-electron chi connectivity index (χ0n) is 9.79. The van der Waals surface area contributed by atoms with Crippen LogP contribution in [0.1, 0.15) is 38.1 Å². The molecule has 1 aromatic rings. The average Bonchev–Trinajstić information content (AvgIpc) is 2.47. The van der Waals surface area contributed by atoms with E-state index in [1.165, 1.54) is 19.3 Å². The van der Waals surface area contributed by atoms with Crippen molar-refractivity contribution in [3.05, 3.63) is 17.9 Å². The predicted molar refractivity (Wildman–Crippen MR) is 58.6 cm³/mol. The van der Waals surface area contributed by atoms with Crippen LogP contribution >= 0.6 is 0 Å². The summed E-state index contributed by atoms with van der Waals surface area (Å²) in [4.78, 5) is 22.5. The van der Waals surface area contributed by atoms with Crippen LogP contribution in [0, 0.1) is 0 Å². The minimum atomic E-state index is -0.648. The maximum atomic E-state index is 11.4. The molecule has 5 heteroatoms. The quantitative estimate of drug-likeness (QED) is 0.786. The van der Waals surface area contributed by atoms with Crippen LogP contribution in [0.4, 0.5) is 10.7 Å². The van der Waals surface area contributed by atoms with E-state index in [2.05, 4.69) is 5.32 Å². The second-order valence-electron chi connectivity index (χ2n) is 4.35. The molecule has 0 radical (unpaired) electrons. The number of carbonyl (C=O) groups is 2. The molecule has 0 spiro atoms. The van der Waals surface area contributed by atoms with E-state index in [4.69, 9.17) is 9.15 Å². The number of anilines is 1. The van der Waals surface area contributed by atoms with Crippen LogP contribution < -0.4 is 5.32 Å². The Morgan fingerprint density at radius 1 is 1.38 bits per heavy atom. The lowest BCUT2D eigenvalue weighted by atomic mass is 10.2. The maximum Gasteiger partial charge on any atom is 0.414 e. The lowest BCUT2D eigenvalue weighted by Gasteiger charge is -2.19. The van der Waals surface area contributed by atoms with E-state index in [0.717, 1.165) is 0 Å². The molecule has 0 saturated heterocycles. The van der Waals surface area contributed by atoms with Crippen LogP contribution in [0.25, 0.3) is 0 Å². The smallest absolute Gasteiger partial charge is 0.414 e. The van der Waals surface area contributed by atoms with Gasteiger partial charge in [-0.3, -0.25) is 10.1 Å². The van der Waals surface area contributed by atoms with Gasteiger partial charge in [-0.15, -0.1) is 0 Å². The maximum absolute atomic E-state index is 11.4. The van der Waals surface area contributed by atoms with Crippen molar-refractivity contribution < 1.29 is 18.7 Å². The van der Waals surface area contributed by atoms with Gasteiger partial charge in [-0.2, -0.15) is 0 Å². The third-order valence-electron chi connectivity index (χ3n) is 1.66. The third-order valence-corrected chi connectivity index (χ3v) is 1.66. The van der Waals surface area contributed by atoms with E-state index in [-0.39, 0.29) is 11.7 Å². The fourth-order valence-corrected chi connectivity index (χ4v) is 1.08. The number of hydrogen-bond donors (Lipinski definition) is 1. The van der Waals surface area contributed by atoms with E-state index in [0.29, 0.717) is 5.56 Å². The molecular weight excluding hydrogens is 210 g/mol. The van der Waals surface area contributed by atoms with Gasteiger partial charge in [0.2, 0.25) is 5.88 Å². The van der Waals surface area contributed by atoms with E-state index in [9.17, 15) is 9.59 Å². The molecule has 0 saturated carbocycles. The summed E-state index contributed by atoms with van der Waals surface area (Å²) in [6.45, 7) is 6.65. The lowest BCUT2D eigenvalue weighted by Crippen LogP contribution is -2.27. The topological polar surface area (TPSA) is 68.5 Å². The number of carbonyl (C=O) groups excluding carboxylic acids is 2. The number of Topliss-reactive ketones (excluding diaryl/α,β-unsaturated/α-hetero) is 1. The van der Waals surface area contributed by atoms with Crippen molar-refractivity contribution in [2.24, 2.45) is 0 Å². The molecule has 1 aromatic heterocycles. The highest BCUT2D eigenvalue weighted by Gasteiger charge is 2.19. The second-order valence-corrected chi connectivity index (χ2v) is 4.35. The summed E-state index contributed by atoms with van der Waals surface area (Å²) in [6.07, 6.45) is 0.689. The van der Waals surface area contributed by atoms with Crippen LogP contribution in [-0.4, -0.2) is 17.5 Å². The first-order valence-electron chi connectivity index (χ1n) is 4.88. The standard InChI is InChI=1S/C11H15NO4/c1-7(13)8-5-6-15-9(8)12-10(14)16-11(2,3)4/h5-6H,1-4H3,(H,12,14). The molecule has 88 valence electrons. The summed E-state index contributed by atoms with van der Waals surface area (Å²) in [7, 11) is 0. The highest BCUT2D eigenvalue weighted by Crippen LogP contribution is 2.18. The van der Waals surface area contributed by atoms with Gasteiger partial charge in [0.25, 0.3) is 0 Å². The molecule has 1 N–H and O–H groups in total. The Labute approximate surface area is 93.8 Å². The van der Waals surface area contributed by atoms with Crippen LogP contribution in [0.5, 0.6) is 0 Å². The molecule has 5 nitrogen and oxygen atoms in total. The molecule has 0 atom stereocenters. The summed E-state index contributed by atoms with van der Waals surface area (Å²) < 4.78 is 10.0. The van der Waals surface area contributed by atoms with Gasteiger partial charge in [0.05, 0.1) is 11.8 Å². The first-order valence-corrected chi connectivity index (χ1v) is 4.88. The number of furan rings is 1. The van der Waals surface area contributed by atoms with Crippen molar-refractivity contribution in [1.29, 1.82) is 0 Å². The summed E-state index contributed by atoms with van der Waals surface area (Å²) in [5, 5.41) is 2.38. The molecule has 16 heavy (non-hydrogen) atoms. The number of amides is 1. The van der Waals surface area contributed by atoms with Crippen molar-refractivity contribution in [2.75, 3.05) is 5.32 Å². The number of rotatable bonds is 2. The number of hydrogen-bond acceptors (Lipinski definition) is 4. The van der Waals surface area contributed by atoms with Gasteiger partial charge < -0.3 is 9.15 Å². The Morgan fingerprint density at radius 2 is 2.00 bits per heavy atom. The number of ether oxygens (including phenoxy) is 1. The largest absolute Gasteiger partial charge is 0.448 e. The minimum absolute atomic E-state index is 0.113. The molecule has 0 aliphatic rings. The van der Waals surface area contributed by atoms with Crippen molar-refractivity contribution in [2.45, 2.75) is 33.3 Å². The minimum Gasteiger partial charge on any atom is -0.448 e. The van der Waals surface area contributed by atoms with E-state index in [1.807, 2.05) is 0 Å². The Morgan fingerprint density at radius 3 is 2.50 bits per heavy atom. The van der Waals surface area contributed by atoms with Gasteiger partial charge in [-0.25, -0.2) is 4.79 Å². The lowest BCUT2D eigenvalue weighted by molar-refractivity contribution is 0.0632. The molecule has 1 amide bonds. The van der Waals surface area contributed by atoms with Crippen LogP contribution in [0.15, 0.2) is 16.7 Å². The van der Waals surface area contributed by atoms with Crippen LogP contribution in [0.2, 0.25) is 0 Å². The molecule has 0 bridgehead atoms. The van der Waals surface area contributed by atoms with Gasteiger partial charge in [0.15, 0.2) is 5.78 Å². The fourth-order valence-electron chi connectivity index (χ4n) is 1.08. The molecule has 0 aliphatic heterocycles. The van der Waals surface area contributed by atoms with Gasteiger partial charge in [-0.05, 0) is 33.8 Å². The summed E-state index contributed by atoms with van der Waals surface area (Å²) in [6, 6.07) is 1.50. The zero-order valence-corrected chi connectivity index (χ0v) is 9.79. The highest BCUT2D eigenvalue weighted by atomic mass is 16.6. The van der Waals surface area contributed by atoms with Gasteiger partial charge in [-0.1, -0.05) is 0 Å². The molecule has 0 aliphatic carbocycles. The normalized spacial score (nSPS) is 11.0. The zero-order chi connectivity index (χ0) is 12.3. The van der Waals surface area contributed by atoms with Crippen LogP contribution in [-0.2, 0) is 4.74 Å². The average molecular weight is 225 g/mol. The van der Waals surface area contributed by atoms with E-state index < -0.39 is 11.7 Å². The van der Waals surface area contributed by atoms with Crippen LogP contribution in [0.3, 0.4) is 0 Å². The molecular formula is C11H15NO4. The van der Waals surface area contributed by atoms with Crippen molar-refractivity contribution in [3.63, 3.8) is 0 Å². The van der Waals surface area contributed by atoms with E-state index in [1.54, 1.807) is 20.8 Å².